The molecule has 0 heterocycles. The van der Waals surface area contributed by atoms with Crippen molar-refractivity contribution >= 4 is 17.7 Å². The summed E-state index contributed by atoms with van der Waals surface area (Å²) in [7, 11) is 0. The van der Waals surface area contributed by atoms with Crippen LogP contribution < -0.4 is 10.6 Å². The Bertz CT molecular complexity index is 491. The van der Waals surface area contributed by atoms with E-state index in [1.54, 1.807) is 0 Å². The Kier molecular flexibility index (Phi) is 7.36. The molecule has 1 amide bonds. The molecule has 0 atom stereocenters. The van der Waals surface area contributed by atoms with Crippen LogP contribution in [-0.4, -0.2) is 23.8 Å². The summed E-state index contributed by atoms with van der Waals surface area (Å²) in [6, 6.07) is 7.75. The second-order valence-electron chi connectivity index (χ2n) is 6.84. The van der Waals surface area contributed by atoms with Crippen molar-refractivity contribution < 1.29 is 9.53 Å². The molecule has 1 aromatic rings. The van der Waals surface area contributed by atoms with Gasteiger partial charge in [-0.25, -0.2) is 4.79 Å². The van der Waals surface area contributed by atoms with E-state index in [9.17, 15) is 4.79 Å². The molecule has 5 heteroatoms. The minimum atomic E-state index is -0.492. The zero-order valence-electron chi connectivity index (χ0n) is 14.8. The Morgan fingerprint density at radius 2 is 1.70 bits per heavy atom. The Labute approximate surface area is 144 Å². The van der Waals surface area contributed by atoms with Gasteiger partial charge in [0.25, 0.3) is 0 Å². The maximum atomic E-state index is 12.1. The Balaban J connectivity index is 2.58. The fraction of sp³-hybridized carbons (Fsp3) is 0.611. The lowest BCUT2D eigenvalue weighted by molar-refractivity contribution is 0.0446. The van der Waals surface area contributed by atoms with E-state index in [-0.39, 0.29) is 11.6 Å². The van der Waals surface area contributed by atoms with Crippen molar-refractivity contribution in [2.24, 2.45) is 0 Å². The molecule has 0 aliphatic rings. The number of halogens is 1. The van der Waals surface area contributed by atoms with Crippen LogP contribution >= 0.6 is 11.6 Å². The van der Waals surface area contributed by atoms with Crippen LogP contribution in [0.1, 0.15) is 53.0 Å². The molecule has 0 bridgehead atoms. The number of carbonyl (C=O) groups is 1. The Morgan fingerprint density at radius 3 is 2.17 bits per heavy atom. The van der Waals surface area contributed by atoms with Gasteiger partial charge in [-0.1, -0.05) is 37.6 Å². The normalized spacial score (nSPS) is 12.1. The summed E-state index contributed by atoms with van der Waals surface area (Å²) >= 11 is 5.89. The lowest BCUT2D eigenvalue weighted by Gasteiger charge is -2.34. The molecule has 0 saturated heterocycles. The van der Waals surface area contributed by atoms with E-state index in [1.165, 1.54) is 0 Å². The lowest BCUT2D eigenvalue weighted by Crippen LogP contribution is -2.55. The van der Waals surface area contributed by atoms with Crippen LogP contribution in [0.2, 0.25) is 5.02 Å². The number of alkyl carbamates (subject to hydrolysis) is 1. The number of rotatable bonds is 7. The van der Waals surface area contributed by atoms with Crippen molar-refractivity contribution in [3.05, 3.63) is 34.9 Å². The van der Waals surface area contributed by atoms with Crippen molar-refractivity contribution in [2.45, 2.75) is 65.1 Å². The second-order valence-corrected chi connectivity index (χ2v) is 7.28. The van der Waals surface area contributed by atoms with Crippen LogP contribution in [0, 0.1) is 0 Å². The first-order valence-electron chi connectivity index (χ1n) is 8.16. The van der Waals surface area contributed by atoms with Crippen LogP contribution in [0.4, 0.5) is 4.79 Å². The minimum absolute atomic E-state index is 0.311. The third-order valence-corrected chi connectivity index (χ3v) is 4.08. The van der Waals surface area contributed by atoms with Crippen molar-refractivity contribution in [3.8, 4) is 0 Å². The maximum absolute atomic E-state index is 12.1. The third kappa shape index (κ3) is 7.23. The molecule has 4 nitrogen and oxygen atoms in total. The molecule has 0 unspecified atom stereocenters. The summed E-state index contributed by atoms with van der Waals surface area (Å²) < 4.78 is 5.38. The molecule has 0 saturated carbocycles. The van der Waals surface area contributed by atoms with Crippen LogP contribution in [0.25, 0.3) is 0 Å². The highest BCUT2D eigenvalue weighted by Crippen LogP contribution is 2.17. The number of amides is 1. The van der Waals surface area contributed by atoms with Gasteiger partial charge in [0.2, 0.25) is 0 Å². The zero-order chi connectivity index (χ0) is 17.5. The fourth-order valence-electron chi connectivity index (χ4n) is 2.29. The first-order chi connectivity index (χ1) is 10.7. The van der Waals surface area contributed by atoms with E-state index in [0.717, 1.165) is 30.0 Å². The van der Waals surface area contributed by atoms with E-state index in [1.807, 2.05) is 45.0 Å². The first kappa shape index (κ1) is 19.8. The molecule has 1 rings (SSSR count). The van der Waals surface area contributed by atoms with Crippen molar-refractivity contribution in [1.29, 1.82) is 0 Å². The van der Waals surface area contributed by atoms with E-state index in [2.05, 4.69) is 24.5 Å². The van der Waals surface area contributed by atoms with E-state index < -0.39 is 5.60 Å². The van der Waals surface area contributed by atoms with Gasteiger partial charge in [0.15, 0.2) is 0 Å². The van der Waals surface area contributed by atoms with E-state index in [4.69, 9.17) is 16.3 Å². The molecular weight excluding hydrogens is 312 g/mol. The topological polar surface area (TPSA) is 50.4 Å². The maximum Gasteiger partial charge on any atom is 0.408 e. The zero-order valence-corrected chi connectivity index (χ0v) is 15.6. The molecule has 0 aliphatic carbocycles. The molecule has 0 radical (unpaired) electrons. The van der Waals surface area contributed by atoms with Gasteiger partial charge in [0, 0.05) is 18.1 Å². The minimum Gasteiger partial charge on any atom is -0.444 e. The SMILES string of the molecule is CCC(CC)(CNCc1ccc(Cl)cc1)NC(=O)OC(C)(C)C. The smallest absolute Gasteiger partial charge is 0.408 e. The lowest BCUT2D eigenvalue weighted by atomic mass is 9.92. The molecule has 0 fully saturated rings. The highest BCUT2D eigenvalue weighted by atomic mass is 35.5. The largest absolute Gasteiger partial charge is 0.444 e. The van der Waals surface area contributed by atoms with Crippen LogP contribution in [0.5, 0.6) is 0 Å². The van der Waals surface area contributed by atoms with Gasteiger partial charge in [0.05, 0.1) is 5.54 Å². The van der Waals surface area contributed by atoms with Gasteiger partial charge in [-0.2, -0.15) is 0 Å². The van der Waals surface area contributed by atoms with Gasteiger partial charge < -0.3 is 15.4 Å². The number of hydrogen-bond acceptors (Lipinski definition) is 3. The summed E-state index contributed by atoms with van der Waals surface area (Å²) in [5, 5.41) is 7.19. The average Bonchev–Trinajstić information content (AvgIpc) is 2.46. The Morgan fingerprint density at radius 1 is 1.13 bits per heavy atom. The predicted molar refractivity (Wildman–Crippen MR) is 95.8 cm³/mol. The van der Waals surface area contributed by atoms with Gasteiger partial charge in [-0.05, 0) is 51.3 Å². The van der Waals surface area contributed by atoms with Crippen LogP contribution in [0.3, 0.4) is 0 Å². The van der Waals surface area contributed by atoms with Gasteiger partial charge in [-0.15, -0.1) is 0 Å². The molecule has 0 aromatic heterocycles. The molecule has 0 aliphatic heterocycles. The average molecular weight is 341 g/mol. The van der Waals surface area contributed by atoms with Gasteiger partial charge >= 0.3 is 6.09 Å². The van der Waals surface area contributed by atoms with Crippen molar-refractivity contribution in [3.63, 3.8) is 0 Å². The van der Waals surface area contributed by atoms with Crippen molar-refractivity contribution in [2.75, 3.05) is 6.54 Å². The number of benzene rings is 1. The Hall–Kier alpha value is -1.26. The third-order valence-electron chi connectivity index (χ3n) is 3.83. The molecule has 130 valence electrons. The van der Waals surface area contributed by atoms with Crippen molar-refractivity contribution in [1.82, 2.24) is 10.6 Å². The summed E-state index contributed by atoms with van der Waals surface area (Å²) in [5.41, 5.74) is 0.357. The number of hydrogen-bond donors (Lipinski definition) is 2. The highest BCUT2D eigenvalue weighted by Gasteiger charge is 2.30. The number of carbonyl (C=O) groups excluding carboxylic acids is 1. The summed E-state index contributed by atoms with van der Waals surface area (Å²) in [5.74, 6) is 0. The van der Waals surface area contributed by atoms with Crippen LogP contribution in [-0.2, 0) is 11.3 Å². The van der Waals surface area contributed by atoms with E-state index >= 15 is 0 Å². The molecule has 1 aromatic carbocycles. The quantitative estimate of drug-likeness (QED) is 0.767. The molecule has 0 spiro atoms. The second kappa shape index (κ2) is 8.55. The highest BCUT2D eigenvalue weighted by molar-refractivity contribution is 6.30. The predicted octanol–water partition coefficient (Wildman–Crippen LogP) is 4.51. The fourth-order valence-corrected chi connectivity index (χ4v) is 2.42. The van der Waals surface area contributed by atoms with Gasteiger partial charge in [-0.3, -0.25) is 0 Å². The van der Waals surface area contributed by atoms with Gasteiger partial charge in [0.1, 0.15) is 5.60 Å². The molecule has 2 N–H and O–H groups in total. The summed E-state index contributed by atoms with van der Waals surface area (Å²) in [6.07, 6.45) is 1.29. The first-order valence-corrected chi connectivity index (χ1v) is 8.54. The van der Waals surface area contributed by atoms with E-state index in [0.29, 0.717) is 6.54 Å². The summed E-state index contributed by atoms with van der Waals surface area (Å²) in [4.78, 5) is 12.1. The number of ether oxygens (including phenoxy) is 1. The molecular formula is C18H29ClN2O2. The monoisotopic (exact) mass is 340 g/mol. The molecule has 23 heavy (non-hydrogen) atoms. The standard InChI is InChI=1S/C18H29ClN2O2/c1-6-18(7-2,21-16(22)23-17(3,4)5)13-20-12-14-8-10-15(19)11-9-14/h8-11,20H,6-7,12-13H2,1-5H3,(H,21,22). The summed E-state index contributed by atoms with van der Waals surface area (Å²) in [6.45, 7) is 11.2. The van der Waals surface area contributed by atoms with Crippen LogP contribution in [0.15, 0.2) is 24.3 Å². The number of nitrogens with one attached hydrogen (secondary N) is 2.